The summed E-state index contributed by atoms with van der Waals surface area (Å²) in [6.45, 7) is 11.1. The summed E-state index contributed by atoms with van der Waals surface area (Å²) in [5.74, 6) is 0.888. The van der Waals surface area contributed by atoms with Crippen molar-refractivity contribution in [1.29, 1.82) is 0 Å². The van der Waals surface area contributed by atoms with E-state index in [1.807, 2.05) is 121 Å². The number of halogens is 5. The smallest absolute Gasteiger partial charge is 0.343 e. The number of carbonyl (C=O) groups excluding carboxylic acids is 5. The Morgan fingerprint density at radius 1 is 0.191 bits per heavy atom. The monoisotopic (exact) mass is 1670 g/mol. The van der Waals surface area contributed by atoms with Crippen molar-refractivity contribution in [2.45, 2.75) is 220 Å². The van der Waals surface area contributed by atoms with Gasteiger partial charge in [0.2, 0.25) is 0 Å². The molecule has 615 valence electrons. The van der Waals surface area contributed by atoms with Crippen molar-refractivity contribution < 1.29 is 71.2 Å². The lowest BCUT2D eigenvalue weighted by molar-refractivity contribution is 0.0725. The molecule has 5 radical (unpaired) electrons. The molecule has 10 aromatic carbocycles. The van der Waals surface area contributed by atoms with E-state index in [0.29, 0.717) is 56.6 Å². The van der Waals surface area contributed by atoms with Gasteiger partial charge in [0.25, 0.3) is 0 Å². The van der Waals surface area contributed by atoms with Gasteiger partial charge < -0.3 is 23.7 Å². The molecule has 0 aromatic heterocycles. The predicted octanol–water partition coefficient (Wildman–Crippen LogP) is 28.7. The minimum atomic E-state index is -0.338. The average Bonchev–Trinajstić information content (AvgIpc) is 0.885. The Morgan fingerprint density at radius 2 is 0.322 bits per heavy atom. The Balaban J connectivity index is 0.000000711. The molecular formula is C95H110F5O10S5. The van der Waals surface area contributed by atoms with E-state index < -0.39 is 0 Å². The maximum Gasteiger partial charge on any atom is 0.343 e. The van der Waals surface area contributed by atoms with E-state index in [1.54, 1.807) is 121 Å². The first-order valence-corrected chi connectivity index (χ1v) is 40.9. The maximum atomic E-state index is 12.1. The summed E-state index contributed by atoms with van der Waals surface area (Å²) in [5, 5.41) is 0. The van der Waals surface area contributed by atoms with Crippen LogP contribution in [0.1, 0.15) is 243 Å². The van der Waals surface area contributed by atoms with E-state index in [4.69, 9.17) is 86.8 Å². The van der Waals surface area contributed by atoms with Crippen LogP contribution in [0.3, 0.4) is 0 Å². The molecule has 0 atom stereocenters. The van der Waals surface area contributed by atoms with Crippen LogP contribution in [0.4, 0.5) is 23.5 Å². The van der Waals surface area contributed by atoms with Crippen LogP contribution < -0.4 is 23.7 Å². The van der Waals surface area contributed by atoms with Crippen LogP contribution in [0.15, 0.2) is 267 Å². The van der Waals surface area contributed by atoms with Crippen LogP contribution in [-0.2, 0) is 32.1 Å². The van der Waals surface area contributed by atoms with Crippen LogP contribution in [0.2, 0.25) is 0 Å². The van der Waals surface area contributed by atoms with E-state index in [-0.39, 0.29) is 53.4 Å². The third-order valence-corrected chi connectivity index (χ3v) is 19.1. The molecule has 0 aliphatic carbocycles. The van der Waals surface area contributed by atoms with E-state index in [9.17, 15) is 24.0 Å². The summed E-state index contributed by atoms with van der Waals surface area (Å²) >= 11 is 25.0. The Kier molecular flexibility index (Phi) is 54.6. The molecule has 0 bridgehead atoms. The van der Waals surface area contributed by atoms with Gasteiger partial charge in [0, 0.05) is 24.5 Å². The molecule has 0 aliphatic rings. The predicted molar refractivity (Wildman–Crippen MR) is 470 cm³/mol. The summed E-state index contributed by atoms with van der Waals surface area (Å²) < 4.78 is 26.6. The lowest BCUT2D eigenvalue weighted by Crippen LogP contribution is -2.08. The maximum absolute atomic E-state index is 12.1. The summed E-state index contributed by atoms with van der Waals surface area (Å²) in [6, 6.07) is 73.0. The van der Waals surface area contributed by atoms with Gasteiger partial charge in [0.05, 0.1) is 27.8 Å². The lowest BCUT2D eigenvalue weighted by Gasteiger charge is -2.06. The van der Waals surface area contributed by atoms with Crippen molar-refractivity contribution >= 4 is 93.0 Å². The van der Waals surface area contributed by atoms with Crippen molar-refractivity contribution in [3.05, 3.63) is 298 Å². The molecule has 0 saturated carbocycles. The average molecular weight is 1670 g/mol. The molecule has 0 fully saturated rings. The molecule has 10 rings (SSSR count). The van der Waals surface area contributed by atoms with Crippen molar-refractivity contribution in [3.63, 3.8) is 0 Å². The number of hydrogen-bond acceptors (Lipinski definition) is 10. The highest BCUT2D eigenvalue weighted by Gasteiger charge is 2.14. The second kappa shape index (κ2) is 60.8. The molecule has 10 nitrogen and oxygen atoms in total. The highest BCUT2D eigenvalue weighted by atomic mass is 32.1. The van der Waals surface area contributed by atoms with Gasteiger partial charge in [0.1, 0.15) is 28.7 Å². The Morgan fingerprint density at radius 3 is 0.443 bits per heavy atom. The second-order valence-electron chi connectivity index (χ2n) is 26.8. The highest BCUT2D eigenvalue weighted by Crippen LogP contribution is 2.24. The molecule has 0 unspecified atom stereocenters. The first-order valence-electron chi connectivity index (χ1n) is 38.8. The SMILES string of the molecule is CCCCCCc1ccc(C(=O)Oc2ccc([S])cc2)cc1.CCCCCCc1ccc(C(=O)Oc2ccc([S])cc2)cc1.CCCCCCc1ccc(C(=O)Oc2ccc([S])cc2)cc1.CCCCCCc1ccc(C(=O)Oc2ccc([S])cc2)cc1.CCCCCCc1ccc(C(=O)Oc2ccc([S])cc2)cc1.F.F.F.F.F. The second-order valence-corrected chi connectivity index (χ2v) is 29.2. The van der Waals surface area contributed by atoms with Gasteiger partial charge in [0.15, 0.2) is 0 Å². The van der Waals surface area contributed by atoms with Gasteiger partial charge in [-0.25, -0.2) is 24.0 Å². The molecule has 0 heterocycles. The van der Waals surface area contributed by atoms with E-state index in [1.165, 1.54) is 156 Å². The van der Waals surface area contributed by atoms with E-state index in [0.717, 1.165) is 56.6 Å². The zero-order valence-electron chi connectivity index (χ0n) is 66.4. The van der Waals surface area contributed by atoms with Crippen molar-refractivity contribution in [3.8, 4) is 28.7 Å². The topological polar surface area (TPSA) is 132 Å². The van der Waals surface area contributed by atoms with Crippen LogP contribution in [0.5, 0.6) is 28.7 Å². The van der Waals surface area contributed by atoms with Gasteiger partial charge in [-0.15, -0.1) is 0 Å². The van der Waals surface area contributed by atoms with Gasteiger partial charge in [-0.05, 0) is 274 Å². The number of esters is 5. The highest BCUT2D eigenvalue weighted by molar-refractivity contribution is 7.81. The molecular weight excluding hydrogens is 1560 g/mol. The van der Waals surface area contributed by atoms with Crippen LogP contribution in [0.25, 0.3) is 0 Å². The van der Waals surface area contributed by atoms with E-state index in [2.05, 4.69) is 34.6 Å². The van der Waals surface area contributed by atoms with Gasteiger partial charge in [-0.1, -0.05) is 255 Å². The molecule has 10 aromatic rings. The standard InChI is InChI=1S/5C19H21O2S.5FH/c5*1-2-3-4-5-6-15-7-9-16(10-8-15)19(20)21-17-11-13-18(22)14-12-17;;;;;/h5*7-14H,2-6H2,1H3;5*1H. The summed E-state index contributed by atoms with van der Waals surface area (Å²) in [7, 11) is 0. The Bertz CT molecular complexity index is 3610. The fourth-order valence-electron chi connectivity index (χ4n) is 11.2. The summed E-state index contributed by atoms with van der Waals surface area (Å²) in [6.07, 6.45) is 30.3. The van der Waals surface area contributed by atoms with Crippen molar-refractivity contribution in [2.24, 2.45) is 0 Å². The zero-order chi connectivity index (χ0) is 78.9. The van der Waals surface area contributed by atoms with E-state index >= 15 is 0 Å². The van der Waals surface area contributed by atoms with Gasteiger partial charge >= 0.3 is 29.8 Å². The molecule has 20 heteroatoms. The number of rotatable bonds is 35. The third kappa shape index (κ3) is 42.5. The van der Waals surface area contributed by atoms with Crippen LogP contribution in [0, 0.1) is 0 Å². The molecule has 0 saturated heterocycles. The lowest BCUT2D eigenvalue weighted by atomic mass is 10.0. The Labute approximate surface area is 706 Å². The fraction of sp³-hybridized carbons (Fsp3) is 0.316. The quantitative estimate of drug-likeness (QED) is 0.0164. The van der Waals surface area contributed by atoms with Crippen LogP contribution in [-0.4, -0.2) is 29.8 Å². The van der Waals surface area contributed by atoms with Crippen molar-refractivity contribution in [2.75, 3.05) is 0 Å². The Hall–Kier alpha value is -9.70. The normalized spacial score (nSPS) is 9.96. The zero-order valence-corrected chi connectivity index (χ0v) is 70.5. The molecule has 0 amide bonds. The minimum absolute atomic E-state index is 0. The molecule has 0 N–H and O–H groups in total. The largest absolute Gasteiger partial charge is 0.423 e. The number of unbranched alkanes of at least 4 members (excludes halogenated alkanes) is 15. The first kappa shape index (κ1) is 103. The summed E-state index contributed by atoms with van der Waals surface area (Å²) in [4.78, 5) is 64.0. The number of benzene rings is 10. The van der Waals surface area contributed by atoms with Crippen molar-refractivity contribution in [1.82, 2.24) is 0 Å². The first-order chi connectivity index (χ1) is 53.4. The summed E-state index contributed by atoms with van der Waals surface area (Å²) in [5.41, 5.74) is 9.18. The number of hydrogen-bond donors (Lipinski definition) is 0. The fourth-order valence-corrected chi connectivity index (χ4v) is 11.9. The van der Waals surface area contributed by atoms with Crippen LogP contribution >= 0.6 is 63.1 Å². The minimum Gasteiger partial charge on any atom is -0.423 e. The van der Waals surface area contributed by atoms with Gasteiger partial charge in [-0.2, -0.15) is 0 Å². The molecule has 115 heavy (non-hydrogen) atoms. The molecule has 0 aliphatic heterocycles. The number of ether oxygens (including phenoxy) is 5. The number of aryl methyl sites for hydroxylation is 5. The number of carbonyl (C=O) groups is 5. The third-order valence-electron chi connectivity index (χ3n) is 17.7. The molecule has 0 spiro atoms. The van der Waals surface area contributed by atoms with Gasteiger partial charge in [-0.3, -0.25) is 23.5 Å².